The first-order valence-electron chi connectivity index (χ1n) is 8.49. The van der Waals surface area contributed by atoms with E-state index in [1.54, 1.807) is 12.1 Å². The summed E-state index contributed by atoms with van der Waals surface area (Å²) in [5, 5.41) is 20.7. The van der Waals surface area contributed by atoms with Gasteiger partial charge in [-0.1, -0.05) is 70.8 Å². The van der Waals surface area contributed by atoms with Crippen LogP contribution in [-0.4, -0.2) is 20.1 Å². The van der Waals surface area contributed by atoms with E-state index in [4.69, 9.17) is 23.2 Å². The smallest absolute Gasteiger partial charge is 0.146 e. The quantitative estimate of drug-likeness (QED) is 0.550. The number of hydrogen-bond donors (Lipinski definition) is 1. The monoisotopic (exact) mass is 391 g/mol. The van der Waals surface area contributed by atoms with Crippen LogP contribution in [0.2, 0.25) is 10.0 Å². The topological polar surface area (TPSA) is 50.9 Å². The van der Waals surface area contributed by atoms with E-state index < -0.39 is 0 Å². The average molecular weight is 392 g/mol. The molecule has 0 saturated carbocycles. The molecule has 26 heavy (non-hydrogen) atoms. The van der Waals surface area contributed by atoms with Crippen molar-refractivity contribution in [1.82, 2.24) is 15.0 Å². The number of aromatic hydroxyl groups is 1. The predicted molar refractivity (Wildman–Crippen MR) is 108 cm³/mol. The van der Waals surface area contributed by atoms with E-state index in [1.165, 1.54) is 4.80 Å². The SMILES string of the molecule is CC(C)(C)c1cc(-n2nc3ccc(Cl)c(Cl)c3n2)c(O)c(C(C)(C)C)c1. The lowest BCUT2D eigenvalue weighted by atomic mass is 9.80. The van der Waals surface area contributed by atoms with Crippen LogP contribution in [0.15, 0.2) is 24.3 Å². The minimum Gasteiger partial charge on any atom is -0.505 e. The molecule has 6 heteroatoms. The molecule has 0 saturated heterocycles. The number of phenolic OH excluding ortho intramolecular Hbond substituents is 1. The normalized spacial score (nSPS) is 12.8. The largest absolute Gasteiger partial charge is 0.505 e. The second-order valence-corrected chi connectivity index (χ2v) is 9.40. The second kappa shape index (κ2) is 6.14. The van der Waals surface area contributed by atoms with Crippen LogP contribution in [0.1, 0.15) is 52.7 Å². The summed E-state index contributed by atoms with van der Waals surface area (Å²) < 4.78 is 0. The van der Waals surface area contributed by atoms with Crippen LogP contribution in [0.3, 0.4) is 0 Å². The van der Waals surface area contributed by atoms with E-state index in [1.807, 2.05) is 6.07 Å². The molecule has 4 nitrogen and oxygen atoms in total. The third kappa shape index (κ3) is 3.28. The molecular formula is C20H23Cl2N3O. The van der Waals surface area contributed by atoms with Gasteiger partial charge in [0.15, 0.2) is 0 Å². The fraction of sp³-hybridized carbons (Fsp3) is 0.400. The highest BCUT2D eigenvalue weighted by atomic mass is 35.5. The van der Waals surface area contributed by atoms with Crippen LogP contribution in [0, 0.1) is 0 Å². The number of aromatic nitrogens is 3. The second-order valence-electron chi connectivity index (χ2n) is 8.61. The number of hydrogen-bond acceptors (Lipinski definition) is 3. The van der Waals surface area contributed by atoms with E-state index in [9.17, 15) is 5.11 Å². The Bertz CT molecular complexity index is 995. The van der Waals surface area contributed by atoms with Crippen molar-refractivity contribution in [2.45, 2.75) is 52.4 Å². The molecule has 1 N–H and O–H groups in total. The summed E-state index contributed by atoms with van der Waals surface area (Å²) in [5.41, 5.74) is 3.30. The van der Waals surface area contributed by atoms with E-state index in [0.29, 0.717) is 26.8 Å². The predicted octanol–water partition coefficient (Wildman–Crippen LogP) is 6.03. The molecule has 0 atom stereocenters. The summed E-state index contributed by atoms with van der Waals surface area (Å²) in [6.45, 7) is 12.6. The van der Waals surface area contributed by atoms with Gasteiger partial charge in [0.2, 0.25) is 0 Å². The number of phenols is 1. The molecule has 138 valence electrons. The lowest BCUT2D eigenvalue weighted by molar-refractivity contribution is 0.438. The number of fused-ring (bicyclic) bond motifs is 1. The highest BCUT2D eigenvalue weighted by molar-refractivity contribution is 6.44. The highest BCUT2D eigenvalue weighted by Gasteiger charge is 2.26. The summed E-state index contributed by atoms with van der Waals surface area (Å²) in [4.78, 5) is 1.44. The van der Waals surface area contributed by atoms with Gasteiger partial charge in [0.25, 0.3) is 0 Å². The zero-order valence-corrected chi connectivity index (χ0v) is 17.4. The van der Waals surface area contributed by atoms with Crippen molar-refractivity contribution in [1.29, 1.82) is 0 Å². The molecule has 3 rings (SSSR count). The van der Waals surface area contributed by atoms with Crippen molar-refractivity contribution in [3.63, 3.8) is 0 Å². The Labute approximate surface area is 163 Å². The Balaban J connectivity index is 2.32. The highest BCUT2D eigenvalue weighted by Crippen LogP contribution is 2.39. The first kappa shape index (κ1) is 19.0. The molecule has 0 radical (unpaired) electrons. The number of halogens is 2. The van der Waals surface area contributed by atoms with Crippen molar-refractivity contribution in [2.75, 3.05) is 0 Å². The maximum Gasteiger partial charge on any atom is 0.146 e. The number of benzene rings is 2. The molecule has 0 aliphatic heterocycles. The summed E-state index contributed by atoms with van der Waals surface area (Å²) >= 11 is 12.4. The lowest BCUT2D eigenvalue weighted by Gasteiger charge is -2.27. The fourth-order valence-corrected chi connectivity index (χ4v) is 3.16. The van der Waals surface area contributed by atoms with E-state index in [-0.39, 0.29) is 16.6 Å². The Kier molecular flexibility index (Phi) is 4.48. The van der Waals surface area contributed by atoms with Crippen LogP contribution in [0.25, 0.3) is 16.7 Å². The van der Waals surface area contributed by atoms with Crippen molar-refractivity contribution < 1.29 is 5.11 Å². The molecule has 0 fully saturated rings. The van der Waals surface area contributed by atoms with Crippen molar-refractivity contribution in [3.8, 4) is 11.4 Å². The van der Waals surface area contributed by atoms with Crippen LogP contribution >= 0.6 is 23.2 Å². The summed E-state index contributed by atoms with van der Waals surface area (Å²) in [6.07, 6.45) is 0. The van der Waals surface area contributed by atoms with Gasteiger partial charge >= 0.3 is 0 Å². The molecule has 0 aliphatic rings. The maximum atomic E-state index is 11.0. The van der Waals surface area contributed by atoms with E-state index >= 15 is 0 Å². The van der Waals surface area contributed by atoms with Gasteiger partial charge < -0.3 is 5.11 Å². The van der Waals surface area contributed by atoms with Gasteiger partial charge in [0, 0.05) is 5.56 Å². The van der Waals surface area contributed by atoms with Crippen molar-refractivity contribution in [2.24, 2.45) is 0 Å². The molecule has 1 aromatic heterocycles. The van der Waals surface area contributed by atoms with Crippen molar-refractivity contribution in [3.05, 3.63) is 45.4 Å². The molecule has 0 bridgehead atoms. The Morgan fingerprint density at radius 1 is 0.923 bits per heavy atom. The first-order valence-corrected chi connectivity index (χ1v) is 9.24. The fourth-order valence-electron chi connectivity index (χ4n) is 2.81. The zero-order chi connectivity index (χ0) is 19.4. The van der Waals surface area contributed by atoms with E-state index in [0.717, 1.165) is 11.1 Å². The van der Waals surface area contributed by atoms with Gasteiger partial charge in [0.1, 0.15) is 22.5 Å². The van der Waals surface area contributed by atoms with Crippen LogP contribution < -0.4 is 0 Å². The first-order chi connectivity index (χ1) is 11.9. The van der Waals surface area contributed by atoms with Gasteiger partial charge in [-0.15, -0.1) is 15.0 Å². The minimum atomic E-state index is -0.229. The third-order valence-corrected chi connectivity index (χ3v) is 5.22. The summed E-state index contributed by atoms with van der Waals surface area (Å²) in [5.74, 6) is 0.174. The standard InChI is InChI=1S/C20H23Cl2N3O/c1-19(2,3)11-9-12(20(4,5)6)18(26)15(10-11)25-23-14-8-7-13(21)16(22)17(14)24-25/h7-10,26H,1-6H3. The lowest BCUT2D eigenvalue weighted by Crippen LogP contribution is -2.18. The Hall–Kier alpha value is -1.78. The van der Waals surface area contributed by atoms with E-state index in [2.05, 4.69) is 57.8 Å². The molecule has 0 unspecified atom stereocenters. The van der Waals surface area contributed by atoms with Gasteiger partial charge in [-0.2, -0.15) is 0 Å². The third-order valence-electron chi connectivity index (χ3n) is 4.42. The molecule has 1 heterocycles. The van der Waals surface area contributed by atoms with Gasteiger partial charge in [0.05, 0.1) is 10.0 Å². The molecule has 0 aliphatic carbocycles. The van der Waals surface area contributed by atoms with Gasteiger partial charge in [-0.25, -0.2) is 0 Å². The minimum absolute atomic E-state index is 0.0873. The van der Waals surface area contributed by atoms with Gasteiger partial charge in [-0.05, 0) is 34.6 Å². The average Bonchev–Trinajstić information content (AvgIpc) is 2.93. The molecule has 0 amide bonds. The number of nitrogens with zero attached hydrogens (tertiary/aromatic N) is 3. The zero-order valence-electron chi connectivity index (χ0n) is 15.9. The molecule has 2 aromatic carbocycles. The number of rotatable bonds is 1. The molecule has 3 aromatic rings. The Morgan fingerprint density at radius 2 is 1.58 bits per heavy atom. The van der Waals surface area contributed by atoms with Crippen LogP contribution in [-0.2, 0) is 10.8 Å². The summed E-state index contributed by atoms with van der Waals surface area (Å²) in [6, 6.07) is 7.45. The molecular weight excluding hydrogens is 369 g/mol. The van der Waals surface area contributed by atoms with Gasteiger partial charge in [-0.3, -0.25) is 0 Å². The molecule has 0 spiro atoms. The summed E-state index contributed by atoms with van der Waals surface area (Å²) in [7, 11) is 0. The van der Waals surface area contributed by atoms with Crippen LogP contribution in [0.4, 0.5) is 0 Å². The Morgan fingerprint density at radius 3 is 2.15 bits per heavy atom. The van der Waals surface area contributed by atoms with Crippen molar-refractivity contribution >= 4 is 34.2 Å². The maximum absolute atomic E-state index is 11.0. The van der Waals surface area contributed by atoms with Crippen LogP contribution in [0.5, 0.6) is 5.75 Å².